The average Bonchev–Trinajstić information content (AvgIpc) is 2.29. The summed E-state index contributed by atoms with van der Waals surface area (Å²) in [5, 5.41) is 3.50. The van der Waals surface area contributed by atoms with Gasteiger partial charge in [0.15, 0.2) is 0 Å². The van der Waals surface area contributed by atoms with Crippen LogP contribution in [0.15, 0.2) is 0 Å². The maximum absolute atomic E-state index is 5.98. The van der Waals surface area contributed by atoms with E-state index in [-0.39, 0.29) is 17.7 Å². The molecule has 0 amide bonds. The Hall–Kier alpha value is -0.160. The van der Waals surface area contributed by atoms with Gasteiger partial charge in [0.25, 0.3) is 0 Å². The number of morpholine rings is 1. The lowest BCUT2D eigenvalue weighted by Crippen LogP contribution is -2.63. The Morgan fingerprint density at radius 3 is 3.00 bits per heavy atom. The molecule has 2 atom stereocenters. The standard InChI is InChI=1S/C12H23NO3/c1-10(2)15-8-11-12(16-7-5-13-11)4-3-6-14-9-12/h10-11,13H,3-9H2,1-2H3. The SMILES string of the molecule is CC(C)OCC1NCCOC12CCCOC2. The highest BCUT2D eigenvalue weighted by Crippen LogP contribution is 2.29. The number of rotatable bonds is 3. The van der Waals surface area contributed by atoms with Crippen LogP contribution in [0.3, 0.4) is 0 Å². The molecule has 2 aliphatic heterocycles. The largest absolute Gasteiger partial charge is 0.378 e. The maximum Gasteiger partial charge on any atom is 0.109 e. The summed E-state index contributed by atoms with van der Waals surface area (Å²) in [7, 11) is 0. The predicted octanol–water partition coefficient (Wildman–Crippen LogP) is 0.949. The summed E-state index contributed by atoms with van der Waals surface area (Å²) in [6.45, 7) is 8.09. The maximum atomic E-state index is 5.98. The van der Waals surface area contributed by atoms with E-state index in [2.05, 4.69) is 19.2 Å². The van der Waals surface area contributed by atoms with Crippen LogP contribution in [-0.2, 0) is 14.2 Å². The fourth-order valence-electron chi connectivity index (χ4n) is 2.45. The van der Waals surface area contributed by atoms with Crippen LogP contribution in [0.4, 0.5) is 0 Å². The molecule has 2 fully saturated rings. The Labute approximate surface area is 97.6 Å². The lowest BCUT2D eigenvalue weighted by atomic mass is 9.87. The molecular weight excluding hydrogens is 206 g/mol. The van der Waals surface area contributed by atoms with Gasteiger partial charge in [-0.15, -0.1) is 0 Å². The molecule has 0 saturated carbocycles. The Morgan fingerprint density at radius 2 is 2.31 bits per heavy atom. The molecule has 1 spiro atoms. The Bertz CT molecular complexity index is 206. The molecule has 2 heterocycles. The van der Waals surface area contributed by atoms with Gasteiger partial charge in [-0.1, -0.05) is 0 Å². The van der Waals surface area contributed by atoms with Gasteiger partial charge in [0.05, 0.1) is 32.0 Å². The molecule has 1 N–H and O–H groups in total. The second-order valence-corrected chi connectivity index (χ2v) is 4.96. The molecule has 4 heteroatoms. The van der Waals surface area contributed by atoms with E-state index in [9.17, 15) is 0 Å². The number of hydrogen-bond donors (Lipinski definition) is 1. The monoisotopic (exact) mass is 229 g/mol. The molecule has 94 valence electrons. The lowest BCUT2D eigenvalue weighted by molar-refractivity contribution is -0.175. The summed E-state index contributed by atoms with van der Waals surface area (Å²) < 4.78 is 17.3. The van der Waals surface area contributed by atoms with Crippen molar-refractivity contribution in [3.8, 4) is 0 Å². The normalized spacial score (nSPS) is 35.8. The van der Waals surface area contributed by atoms with Crippen LogP contribution in [0.25, 0.3) is 0 Å². The van der Waals surface area contributed by atoms with Gasteiger partial charge < -0.3 is 19.5 Å². The molecule has 0 aliphatic carbocycles. The van der Waals surface area contributed by atoms with Gasteiger partial charge in [0, 0.05) is 13.2 Å². The van der Waals surface area contributed by atoms with E-state index in [1.807, 2.05) is 0 Å². The summed E-state index contributed by atoms with van der Waals surface area (Å²) in [5.74, 6) is 0. The van der Waals surface area contributed by atoms with Gasteiger partial charge in [0.1, 0.15) is 5.60 Å². The van der Waals surface area contributed by atoms with Gasteiger partial charge in [-0.05, 0) is 26.7 Å². The zero-order valence-electron chi connectivity index (χ0n) is 10.3. The van der Waals surface area contributed by atoms with Crippen molar-refractivity contribution in [2.75, 3.05) is 33.0 Å². The van der Waals surface area contributed by atoms with Crippen molar-refractivity contribution in [2.24, 2.45) is 0 Å². The lowest BCUT2D eigenvalue weighted by Gasteiger charge is -2.46. The molecule has 0 aromatic heterocycles. The summed E-state index contributed by atoms with van der Waals surface area (Å²) >= 11 is 0. The molecule has 2 saturated heterocycles. The highest BCUT2D eigenvalue weighted by molar-refractivity contribution is 4.97. The quantitative estimate of drug-likeness (QED) is 0.782. The zero-order chi connectivity index (χ0) is 11.4. The van der Waals surface area contributed by atoms with E-state index in [4.69, 9.17) is 14.2 Å². The second-order valence-electron chi connectivity index (χ2n) is 4.96. The molecule has 16 heavy (non-hydrogen) atoms. The topological polar surface area (TPSA) is 39.7 Å². The van der Waals surface area contributed by atoms with E-state index in [0.717, 1.165) is 32.6 Å². The van der Waals surface area contributed by atoms with Crippen molar-refractivity contribution in [2.45, 2.75) is 44.4 Å². The molecule has 0 aromatic rings. The summed E-state index contributed by atoms with van der Waals surface area (Å²) in [5.41, 5.74) is -0.147. The van der Waals surface area contributed by atoms with Crippen LogP contribution in [-0.4, -0.2) is 50.7 Å². The minimum atomic E-state index is -0.147. The van der Waals surface area contributed by atoms with Gasteiger partial charge >= 0.3 is 0 Å². The van der Waals surface area contributed by atoms with Crippen LogP contribution in [0.2, 0.25) is 0 Å². The Kier molecular flexibility index (Phi) is 4.19. The third kappa shape index (κ3) is 2.74. The molecule has 0 aromatic carbocycles. The highest BCUT2D eigenvalue weighted by atomic mass is 16.6. The molecule has 0 radical (unpaired) electrons. The third-order valence-electron chi connectivity index (χ3n) is 3.35. The van der Waals surface area contributed by atoms with Crippen molar-refractivity contribution in [3.63, 3.8) is 0 Å². The molecule has 2 rings (SSSR count). The first kappa shape index (κ1) is 12.3. The van der Waals surface area contributed by atoms with Crippen molar-refractivity contribution in [1.29, 1.82) is 0 Å². The molecule has 0 bridgehead atoms. The van der Waals surface area contributed by atoms with E-state index in [1.54, 1.807) is 0 Å². The molecule has 2 aliphatic rings. The molecular formula is C12H23NO3. The Morgan fingerprint density at radius 1 is 1.44 bits per heavy atom. The molecule has 4 nitrogen and oxygen atoms in total. The number of nitrogens with one attached hydrogen (secondary N) is 1. The van der Waals surface area contributed by atoms with Crippen LogP contribution >= 0.6 is 0 Å². The van der Waals surface area contributed by atoms with Crippen LogP contribution < -0.4 is 5.32 Å². The Balaban J connectivity index is 1.95. The first-order valence-corrected chi connectivity index (χ1v) is 6.30. The highest BCUT2D eigenvalue weighted by Gasteiger charge is 2.43. The predicted molar refractivity (Wildman–Crippen MR) is 61.6 cm³/mol. The average molecular weight is 229 g/mol. The van der Waals surface area contributed by atoms with Crippen LogP contribution in [0.5, 0.6) is 0 Å². The minimum absolute atomic E-state index is 0.147. The van der Waals surface area contributed by atoms with Gasteiger partial charge in [-0.2, -0.15) is 0 Å². The fourth-order valence-corrected chi connectivity index (χ4v) is 2.45. The number of ether oxygens (including phenoxy) is 3. The zero-order valence-corrected chi connectivity index (χ0v) is 10.3. The molecule has 2 unspecified atom stereocenters. The third-order valence-corrected chi connectivity index (χ3v) is 3.35. The van der Waals surface area contributed by atoms with Crippen molar-refractivity contribution in [3.05, 3.63) is 0 Å². The minimum Gasteiger partial charge on any atom is -0.378 e. The van der Waals surface area contributed by atoms with Gasteiger partial charge in [0.2, 0.25) is 0 Å². The first-order chi connectivity index (χ1) is 7.73. The van der Waals surface area contributed by atoms with E-state index in [1.165, 1.54) is 0 Å². The second kappa shape index (κ2) is 5.45. The van der Waals surface area contributed by atoms with Gasteiger partial charge in [-0.3, -0.25) is 0 Å². The van der Waals surface area contributed by atoms with Crippen molar-refractivity contribution < 1.29 is 14.2 Å². The first-order valence-electron chi connectivity index (χ1n) is 6.30. The number of hydrogen-bond acceptors (Lipinski definition) is 4. The van der Waals surface area contributed by atoms with E-state index in [0.29, 0.717) is 13.2 Å². The summed E-state index contributed by atoms with van der Waals surface area (Å²) in [4.78, 5) is 0. The van der Waals surface area contributed by atoms with Crippen LogP contribution in [0.1, 0.15) is 26.7 Å². The van der Waals surface area contributed by atoms with E-state index >= 15 is 0 Å². The smallest absolute Gasteiger partial charge is 0.109 e. The van der Waals surface area contributed by atoms with Crippen LogP contribution in [0, 0.1) is 0 Å². The summed E-state index contributed by atoms with van der Waals surface area (Å²) in [6, 6.07) is 0.268. The van der Waals surface area contributed by atoms with Crippen molar-refractivity contribution in [1.82, 2.24) is 5.32 Å². The van der Waals surface area contributed by atoms with E-state index < -0.39 is 0 Å². The van der Waals surface area contributed by atoms with Crippen molar-refractivity contribution >= 4 is 0 Å². The fraction of sp³-hybridized carbons (Fsp3) is 1.00. The van der Waals surface area contributed by atoms with Gasteiger partial charge in [-0.25, -0.2) is 0 Å². The summed E-state index contributed by atoms with van der Waals surface area (Å²) in [6.07, 6.45) is 2.43.